The van der Waals surface area contributed by atoms with Gasteiger partial charge in [0.15, 0.2) is 0 Å². The molecule has 0 atom stereocenters. The Morgan fingerprint density at radius 3 is 2.81 bits per heavy atom. The van der Waals surface area contributed by atoms with Gasteiger partial charge in [-0.25, -0.2) is 18.9 Å². The normalized spacial score (nSPS) is 14.2. The Morgan fingerprint density at radius 1 is 1.13 bits per heavy atom. The molecule has 7 nitrogen and oxygen atoms in total. The fourth-order valence-electron chi connectivity index (χ4n) is 3.85. The number of thiazole rings is 1. The number of anilines is 1. The second-order valence-corrected chi connectivity index (χ2v) is 8.18. The summed E-state index contributed by atoms with van der Waals surface area (Å²) in [4.78, 5) is 21.2. The van der Waals surface area contributed by atoms with Gasteiger partial charge >= 0.3 is 6.03 Å². The van der Waals surface area contributed by atoms with Crippen LogP contribution in [-0.2, 0) is 17.9 Å². The second kappa shape index (κ2) is 8.09. The highest BCUT2D eigenvalue weighted by atomic mass is 32.1. The standard InChI is InChI=1S/C22H20FN5O2S/c1-30-13-21-25-15(14-31-21)12-26-9-10-27(22(26)29)18-7-4-8-19-16(18)11-24-28(19)20-6-3-2-5-17(20)23/h2-8,11,14H,9-10,12-13H2,1H3. The lowest BCUT2D eigenvalue weighted by Crippen LogP contribution is -2.31. The lowest BCUT2D eigenvalue weighted by molar-refractivity contribution is 0.184. The molecule has 0 aliphatic carbocycles. The molecule has 1 aliphatic rings. The number of urea groups is 1. The molecule has 2 aromatic carbocycles. The quantitative estimate of drug-likeness (QED) is 0.453. The van der Waals surface area contributed by atoms with Gasteiger partial charge in [0, 0.05) is 31.0 Å². The molecule has 2 aromatic heterocycles. The summed E-state index contributed by atoms with van der Waals surface area (Å²) in [5.74, 6) is -0.350. The van der Waals surface area contributed by atoms with Crippen molar-refractivity contribution in [1.29, 1.82) is 0 Å². The van der Waals surface area contributed by atoms with Gasteiger partial charge in [0.05, 0.1) is 36.2 Å². The first-order chi connectivity index (χ1) is 15.2. The molecule has 158 valence electrons. The van der Waals surface area contributed by atoms with E-state index in [1.165, 1.54) is 17.4 Å². The Hall–Kier alpha value is -3.30. The van der Waals surface area contributed by atoms with E-state index in [0.717, 1.165) is 27.3 Å². The topological polar surface area (TPSA) is 63.5 Å². The highest BCUT2D eigenvalue weighted by Gasteiger charge is 2.31. The first kappa shape index (κ1) is 19.7. The van der Waals surface area contributed by atoms with Crippen LogP contribution in [0.2, 0.25) is 0 Å². The van der Waals surface area contributed by atoms with Crippen LogP contribution < -0.4 is 4.90 Å². The van der Waals surface area contributed by atoms with E-state index >= 15 is 0 Å². The molecule has 3 heterocycles. The monoisotopic (exact) mass is 437 g/mol. The molecule has 0 saturated carbocycles. The smallest absolute Gasteiger partial charge is 0.324 e. The molecule has 5 rings (SSSR count). The Bertz CT molecular complexity index is 1250. The van der Waals surface area contributed by atoms with E-state index in [4.69, 9.17) is 4.74 Å². The van der Waals surface area contributed by atoms with E-state index in [2.05, 4.69) is 10.1 Å². The molecular formula is C22H20FN5O2S. The first-order valence-electron chi connectivity index (χ1n) is 9.86. The fraction of sp³-hybridized carbons (Fsp3) is 0.227. The summed E-state index contributed by atoms with van der Waals surface area (Å²) in [5.41, 5.74) is 2.75. The van der Waals surface area contributed by atoms with Crippen LogP contribution in [0.25, 0.3) is 16.6 Å². The summed E-state index contributed by atoms with van der Waals surface area (Å²) in [7, 11) is 1.64. The molecule has 4 aromatic rings. The zero-order valence-corrected chi connectivity index (χ0v) is 17.7. The van der Waals surface area contributed by atoms with Crippen LogP contribution in [0.15, 0.2) is 54.0 Å². The number of hydrogen-bond acceptors (Lipinski definition) is 5. The van der Waals surface area contributed by atoms with E-state index in [0.29, 0.717) is 31.9 Å². The van der Waals surface area contributed by atoms with Crippen LogP contribution in [0.3, 0.4) is 0 Å². The predicted molar refractivity (Wildman–Crippen MR) is 117 cm³/mol. The number of aromatic nitrogens is 3. The molecule has 1 fully saturated rings. The van der Waals surface area contributed by atoms with Crippen molar-refractivity contribution >= 4 is 34.0 Å². The van der Waals surface area contributed by atoms with Crippen molar-refractivity contribution < 1.29 is 13.9 Å². The molecule has 0 N–H and O–H groups in total. The van der Waals surface area contributed by atoms with Gasteiger partial charge < -0.3 is 9.64 Å². The first-order valence-corrected chi connectivity index (χ1v) is 10.7. The number of carbonyl (C=O) groups is 1. The molecule has 1 aliphatic heterocycles. The molecule has 0 bridgehead atoms. The summed E-state index contributed by atoms with van der Waals surface area (Å²) in [6, 6.07) is 12.1. The van der Waals surface area contributed by atoms with Crippen LogP contribution in [0.5, 0.6) is 0 Å². The number of halogens is 1. The zero-order valence-electron chi connectivity index (χ0n) is 16.9. The van der Waals surface area contributed by atoms with Crippen molar-refractivity contribution in [2.24, 2.45) is 0 Å². The SMILES string of the molecule is COCc1nc(CN2CCN(c3cccc4c3cnn4-c3ccccc3F)C2=O)cs1. The van der Waals surface area contributed by atoms with Gasteiger partial charge in [-0.05, 0) is 24.3 Å². The van der Waals surface area contributed by atoms with Gasteiger partial charge in [-0.15, -0.1) is 11.3 Å². The van der Waals surface area contributed by atoms with Gasteiger partial charge in [-0.1, -0.05) is 18.2 Å². The van der Waals surface area contributed by atoms with Gasteiger partial charge in [0.2, 0.25) is 0 Å². The van der Waals surface area contributed by atoms with Crippen LogP contribution in [0.1, 0.15) is 10.7 Å². The number of rotatable bonds is 6. The van der Waals surface area contributed by atoms with Crippen molar-refractivity contribution in [3.63, 3.8) is 0 Å². The number of hydrogen-bond donors (Lipinski definition) is 0. The fourth-order valence-corrected chi connectivity index (χ4v) is 4.60. The van der Waals surface area contributed by atoms with E-state index in [1.807, 2.05) is 23.6 Å². The number of nitrogens with zero attached hydrogens (tertiary/aromatic N) is 5. The molecule has 2 amide bonds. The van der Waals surface area contributed by atoms with E-state index in [9.17, 15) is 9.18 Å². The van der Waals surface area contributed by atoms with Gasteiger partial charge in [-0.2, -0.15) is 5.10 Å². The lowest BCUT2D eigenvalue weighted by Gasteiger charge is -2.19. The Balaban J connectivity index is 1.42. The second-order valence-electron chi connectivity index (χ2n) is 7.24. The molecule has 0 radical (unpaired) electrons. The highest BCUT2D eigenvalue weighted by molar-refractivity contribution is 7.09. The van der Waals surface area contributed by atoms with Gasteiger partial charge in [-0.3, -0.25) is 4.90 Å². The van der Waals surface area contributed by atoms with Crippen molar-refractivity contribution in [2.75, 3.05) is 25.1 Å². The van der Waals surface area contributed by atoms with Crippen LogP contribution in [0.4, 0.5) is 14.9 Å². The number of para-hydroxylation sites is 1. The van der Waals surface area contributed by atoms with Crippen molar-refractivity contribution in [3.8, 4) is 5.69 Å². The summed E-state index contributed by atoms with van der Waals surface area (Å²) >= 11 is 1.53. The molecule has 0 spiro atoms. The van der Waals surface area contributed by atoms with Crippen LogP contribution in [-0.4, -0.2) is 45.9 Å². The molecule has 31 heavy (non-hydrogen) atoms. The molecule has 9 heteroatoms. The minimum atomic E-state index is -0.350. The number of benzene rings is 2. The minimum Gasteiger partial charge on any atom is -0.378 e. The molecule has 1 saturated heterocycles. The maximum Gasteiger partial charge on any atom is 0.324 e. The Morgan fingerprint density at radius 2 is 1.97 bits per heavy atom. The number of ether oxygens (including phenoxy) is 1. The van der Waals surface area contributed by atoms with E-state index < -0.39 is 0 Å². The van der Waals surface area contributed by atoms with Crippen LogP contribution in [0, 0.1) is 5.82 Å². The molecular weight excluding hydrogens is 417 g/mol. The van der Waals surface area contributed by atoms with Gasteiger partial charge in [0.25, 0.3) is 0 Å². The van der Waals surface area contributed by atoms with Crippen molar-refractivity contribution in [1.82, 2.24) is 19.7 Å². The van der Waals surface area contributed by atoms with Gasteiger partial charge in [0.1, 0.15) is 16.5 Å². The third-order valence-corrected chi connectivity index (χ3v) is 6.15. The summed E-state index contributed by atoms with van der Waals surface area (Å²) in [5, 5.41) is 8.05. The number of amides is 2. The highest BCUT2D eigenvalue weighted by Crippen LogP contribution is 2.31. The summed E-state index contributed by atoms with van der Waals surface area (Å²) < 4.78 is 21.0. The van der Waals surface area contributed by atoms with E-state index in [1.54, 1.807) is 46.0 Å². The lowest BCUT2D eigenvalue weighted by atomic mass is 10.2. The van der Waals surface area contributed by atoms with Crippen molar-refractivity contribution in [3.05, 3.63) is 70.6 Å². The Labute approximate surface area is 182 Å². The predicted octanol–water partition coefficient (Wildman–Crippen LogP) is 4.21. The maximum absolute atomic E-state index is 14.3. The number of fused-ring (bicyclic) bond motifs is 1. The third-order valence-electron chi connectivity index (χ3n) is 5.28. The van der Waals surface area contributed by atoms with Crippen molar-refractivity contribution in [2.45, 2.75) is 13.2 Å². The molecule has 0 unspecified atom stereocenters. The number of methoxy groups -OCH3 is 1. The number of carbonyl (C=O) groups excluding carboxylic acids is 1. The minimum absolute atomic E-state index is 0.0765. The summed E-state index contributed by atoms with van der Waals surface area (Å²) in [6.45, 7) is 2.10. The zero-order chi connectivity index (χ0) is 21.4. The van der Waals surface area contributed by atoms with Crippen LogP contribution >= 0.6 is 11.3 Å². The average Bonchev–Trinajstić information content (AvgIpc) is 3.49. The summed E-state index contributed by atoms with van der Waals surface area (Å²) in [6.07, 6.45) is 1.69. The Kier molecular flexibility index (Phi) is 5.13. The largest absolute Gasteiger partial charge is 0.378 e. The average molecular weight is 438 g/mol. The van der Waals surface area contributed by atoms with E-state index in [-0.39, 0.29) is 11.8 Å². The maximum atomic E-state index is 14.3. The third kappa shape index (κ3) is 3.55.